The highest BCUT2D eigenvalue weighted by molar-refractivity contribution is 8.00. The molecule has 0 aliphatic rings. The Bertz CT molecular complexity index is 932. The monoisotopic (exact) mass is 380 g/mol. The minimum Gasteiger partial charge on any atom is -0.497 e. The van der Waals surface area contributed by atoms with Gasteiger partial charge >= 0.3 is 0 Å². The fourth-order valence-electron chi connectivity index (χ4n) is 2.36. The van der Waals surface area contributed by atoms with Crippen LogP contribution in [0, 0.1) is 11.3 Å². The van der Waals surface area contributed by atoms with E-state index in [0.717, 1.165) is 21.9 Å². The Morgan fingerprint density at radius 1 is 1.27 bits per heavy atom. The van der Waals surface area contributed by atoms with Gasteiger partial charge in [0.05, 0.1) is 24.6 Å². The summed E-state index contributed by atoms with van der Waals surface area (Å²) in [7, 11) is 1.60. The molecule has 1 atom stereocenters. The highest BCUT2D eigenvalue weighted by Gasteiger charge is 2.23. The van der Waals surface area contributed by atoms with Crippen LogP contribution in [-0.2, 0) is 4.79 Å². The second kappa shape index (κ2) is 8.65. The number of Topliss-reactive ketones (excluding diaryl/α,β-unsaturated/α-hetero) is 1. The van der Waals surface area contributed by atoms with Crippen LogP contribution in [0.2, 0.25) is 0 Å². The summed E-state index contributed by atoms with van der Waals surface area (Å²) in [5.74, 6) is -0.0254. The number of thioether (sulfide) groups is 1. The lowest BCUT2D eigenvalue weighted by molar-refractivity contribution is -0.116. The second-order valence-electron chi connectivity index (χ2n) is 5.43. The largest absolute Gasteiger partial charge is 0.497 e. The zero-order chi connectivity index (χ0) is 18.4. The summed E-state index contributed by atoms with van der Waals surface area (Å²) in [4.78, 5) is 18.0. The number of thiazole rings is 1. The Kier molecular flexibility index (Phi) is 6.05. The Balaban J connectivity index is 1.69. The standard InChI is InChI=1S/C20H16N2O2S2/c1-24-15-8-5-9-16(10-15)25-13-19(23)17(11-21)20-22-18(12-26-20)14-6-3-2-4-7-14/h2-10,12,17H,13H2,1H3/t17-/m1/s1. The Hall–Kier alpha value is -2.62. The molecule has 0 N–H and O–H groups in total. The van der Waals surface area contributed by atoms with Crippen molar-refractivity contribution in [2.45, 2.75) is 10.8 Å². The van der Waals surface area contributed by atoms with Gasteiger partial charge in [-0.15, -0.1) is 23.1 Å². The topological polar surface area (TPSA) is 63.0 Å². The number of hydrogen-bond donors (Lipinski definition) is 0. The van der Waals surface area contributed by atoms with Gasteiger partial charge in [-0.25, -0.2) is 4.98 Å². The van der Waals surface area contributed by atoms with E-state index in [0.29, 0.717) is 5.01 Å². The molecule has 3 rings (SSSR count). The number of ether oxygens (including phenoxy) is 1. The first-order valence-corrected chi connectivity index (χ1v) is 9.78. The number of aromatic nitrogens is 1. The molecule has 2 aromatic carbocycles. The molecule has 0 radical (unpaired) electrons. The van der Waals surface area contributed by atoms with E-state index >= 15 is 0 Å². The van der Waals surface area contributed by atoms with Gasteiger partial charge < -0.3 is 4.74 Å². The van der Waals surface area contributed by atoms with Crippen LogP contribution in [0.3, 0.4) is 0 Å². The molecule has 3 aromatic rings. The number of nitrogens with zero attached hydrogens (tertiary/aromatic N) is 2. The molecular formula is C20H16N2O2S2. The number of rotatable bonds is 7. The minimum absolute atomic E-state index is 0.144. The van der Waals surface area contributed by atoms with Crippen LogP contribution in [-0.4, -0.2) is 23.6 Å². The molecule has 0 fully saturated rings. The molecule has 0 bridgehead atoms. The first kappa shape index (κ1) is 18.2. The molecule has 0 spiro atoms. The van der Waals surface area contributed by atoms with E-state index in [1.165, 1.54) is 23.1 Å². The number of hydrogen-bond acceptors (Lipinski definition) is 6. The normalized spacial score (nSPS) is 11.5. The molecule has 26 heavy (non-hydrogen) atoms. The molecule has 130 valence electrons. The van der Waals surface area contributed by atoms with Gasteiger partial charge in [0.15, 0.2) is 11.7 Å². The lowest BCUT2D eigenvalue weighted by Crippen LogP contribution is -2.13. The van der Waals surface area contributed by atoms with Crippen LogP contribution in [0.25, 0.3) is 11.3 Å². The van der Waals surface area contributed by atoms with Gasteiger partial charge in [-0.05, 0) is 18.2 Å². The molecule has 1 heterocycles. The van der Waals surface area contributed by atoms with E-state index in [-0.39, 0.29) is 11.5 Å². The Labute approximate surface area is 160 Å². The Morgan fingerprint density at radius 2 is 2.08 bits per heavy atom. The van der Waals surface area contributed by atoms with Crippen molar-refractivity contribution in [1.82, 2.24) is 4.98 Å². The molecule has 4 nitrogen and oxygen atoms in total. The quantitative estimate of drug-likeness (QED) is 0.552. The van der Waals surface area contributed by atoms with Crippen LogP contribution in [0.5, 0.6) is 5.75 Å². The van der Waals surface area contributed by atoms with Crippen molar-refractivity contribution in [2.75, 3.05) is 12.9 Å². The average molecular weight is 380 g/mol. The van der Waals surface area contributed by atoms with Gasteiger partial charge in [-0.3, -0.25) is 4.79 Å². The molecular weight excluding hydrogens is 364 g/mol. The lowest BCUT2D eigenvalue weighted by atomic mass is 10.1. The summed E-state index contributed by atoms with van der Waals surface area (Å²) >= 11 is 2.75. The third-order valence-corrected chi connectivity index (χ3v) is 5.64. The summed E-state index contributed by atoms with van der Waals surface area (Å²) in [6.45, 7) is 0. The van der Waals surface area contributed by atoms with Crippen molar-refractivity contribution < 1.29 is 9.53 Å². The highest BCUT2D eigenvalue weighted by atomic mass is 32.2. The highest BCUT2D eigenvalue weighted by Crippen LogP contribution is 2.29. The summed E-state index contributed by atoms with van der Waals surface area (Å²) in [5, 5.41) is 11.9. The fraction of sp³-hybridized carbons (Fsp3) is 0.150. The van der Waals surface area contributed by atoms with Crippen molar-refractivity contribution in [2.24, 2.45) is 0 Å². The maximum Gasteiger partial charge on any atom is 0.167 e. The van der Waals surface area contributed by atoms with E-state index in [4.69, 9.17) is 4.74 Å². The van der Waals surface area contributed by atoms with Crippen LogP contribution >= 0.6 is 23.1 Å². The van der Waals surface area contributed by atoms with E-state index in [2.05, 4.69) is 11.1 Å². The first-order valence-electron chi connectivity index (χ1n) is 7.91. The number of benzene rings is 2. The van der Waals surface area contributed by atoms with E-state index < -0.39 is 5.92 Å². The SMILES string of the molecule is COc1cccc(SCC(=O)[C@@H](C#N)c2nc(-c3ccccc3)cs2)c1. The fourth-order valence-corrected chi connectivity index (χ4v) is 4.10. The van der Waals surface area contributed by atoms with Crippen LogP contribution < -0.4 is 4.74 Å². The van der Waals surface area contributed by atoms with Crippen LogP contribution in [0.1, 0.15) is 10.9 Å². The number of nitriles is 1. The molecule has 0 amide bonds. The summed E-state index contributed by atoms with van der Waals surface area (Å²) in [6, 6.07) is 19.3. The Morgan fingerprint density at radius 3 is 2.81 bits per heavy atom. The molecule has 0 aliphatic carbocycles. The zero-order valence-electron chi connectivity index (χ0n) is 14.1. The predicted molar refractivity (Wildman–Crippen MR) is 105 cm³/mol. The molecule has 0 unspecified atom stereocenters. The van der Waals surface area contributed by atoms with Crippen molar-refractivity contribution in [3.8, 4) is 23.1 Å². The van der Waals surface area contributed by atoms with Gasteiger partial charge in [-0.1, -0.05) is 36.4 Å². The predicted octanol–water partition coefficient (Wildman–Crippen LogP) is 4.79. The van der Waals surface area contributed by atoms with E-state index in [1.807, 2.05) is 60.0 Å². The van der Waals surface area contributed by atoms with Crippen molar-refractivity contribution >= 4 is 28.9 Å². The maximum absolute atomic E-state index is 12.5. The average Bonchev–Trinajstić information content (AvgIpc) is 3.17. The van der Waals surface area contributed by atoms with Crippen molar-refractivity contribution in [3.05, 3.63) is 65.0 Å². The van der Waals surface area contributed by atoms with Gasteiger partial charge in [0, 0.05) is 15.8 Å². The molecule has 0 saturated heterocycles. The van der Waals surface area contributed by atoms with Crippen LogP contribution in [0.15, 0.2) is 64.9 Å². The number of methoxy groups -OCH3 is 1. The number of ketones is 1. The third-order valence-electron chi connectivity index (χ3n) is 3.71. The molecule has 1 aromatic heterocycles. The molecule has 6 heteroatoms. The number of carbonyl (C=O) groups excluding carboxylic acids is 1. The summed E-state index contributed by atoms with van der Waals surface area (Å²) < 4.78 is 5.19. The maximum atomic E-state index is 12.5. The number of carbonyl (C=O) groups is 1. The first-order chi connectivity index (χ1) is 12.7. The van der Waals surface area contributed by atoms with Gasteiger partial charge in [-0.2, -0.15) is 5.26 Å². The minimum atomic E-state index is -0.837. The van der Waals surface area contributed by atoms with Gasteiger partial charge in [0.1, 0.15) is 10.8 Å². The van der Waals surface area contributed by atoms with Crippen molar-refractivity contribution in [1.29, 1.82) is 5.26 Å². The molecule has 0 aliphatic heterocycles. The van der Waals surface area contributed by atoms with E-state index in [9.17, 15) is 10.1 Å². The lowest BCUT2D eigenvalue weighted by Gasteiger charge is -2.06. The van der Waals surface area contributed by atoms with Crippen LogP contribution in [0.4, 0.5) is 0 Å². The van der Waals surface area contributed by atoms with Gasteiger partial charge in [0.2, 0.25) is 0 Å². The second-order valence-corrected chi connectivity index (χ2v) is 7.37. The summed E-state index contributed by atoms with van der Waals surface area (Å²) in [6.07, 6.45) is 0. The zero-order valence-corrected chi connectivity index (χ0v) is 15.7. The van der Waals surface area contributed by atoms with Crippen molar-refractivity contribution in [3.63, 3.8) is 0 Å². The molecule has 0 saturated carbocycles. The summed E-state index contributed by atoms with van der Waals surface area (Å²) in [5.41, 5.74) is 1.77. The third kappa shape index (κ3) is 4.31. The smallest absolute Gasteiger partial charge is 0.167 e. The van der Waals surface area contributed by atoms with E-state index in [1.54, 1.807) is 7.11 Å². The van der Waals surface area contributed by atoms with Gasteiger partial charge in [0.25, 0.3) is 0 Å².